The molecule has 162 valence electrons. The molecule has 1 unspecified atom stereocenters. The van der Waals surface area contributed by atoms with Crippen LogP contribution in [-0.4, -0.2) is 40.2 Å². The lowest BCUT2D eigenvalue weighted by Crippen LogP contribution is -2.49. The quantitative estimate of drug-likeness (QED) is 0.449. The fraction of sp³-hybridized carbons (Fsp3) is 0.429. The van der Waals surface area contributed by atoms with E-state index < -0.39 is 26.1 Å². The fourth-order valence-electron chi connectivity index (χ4n) is 3.56. The second-order valence-corrected chi connectivity index (χ2v) is 10.5. The highest BCUT2D eigenvalue weighted by molar-refractivity contribution is 7.92. The molecule has 1 heterocycles. The lowest BCUT2D eigenvalue weighted by molar-refractivity contribution is -0.131. The van der Waals surface area contributed by atoms with E-state index in [0.717, 1.165) is 36.6 Å². The van der Waals surface area contributed by atoms with E-state index in [1.54, 1.807) is 12.3 Å². The average Bonchev–Trinajstić information content (AvgIpc) is 2.69. The van der Waals surface area contributed by atoms with Crippen molar-refractivity contribution in [1.82, 2.24) is 10.0 Å². The van der Waals surface area contributed by atoms with Crippen LogP contribution in [0.2, 0.25) is 0 Å². The highest BCUT2D eigenvalue weighted by Crippen LogP contribution is 2.41. The molecule has 1 aliphatic carbocycles. The number of aliphatic hydroxyl groups is 1. The summed E-state index contributed by atoms with van der Waals surface area (Å²) in [5, 5.41) is 19.3. The molecule has 30 heavy (non-hydrogen) atoms. The highest BCUT2D eigenvalue weighted by atomic mass is 32.2. The van der Waals surface area contributed by atoms with Gasteiger partial charge in [-0.05, 0) is 55.4 Å². The van der Waals surface area contributed by atoms with Crippen molar-refractivity contribution in [2.45, 2.75) is 49.5 Å². The third-order valence-corrected chi connectivity index (χ3v) is 8.19. The van der Waals surface area contributed by atoms with Gasteiger partial charge in [-0.25, -0.2) is 13.9 Å². The van der Waals surface area contributed by atoms with Gasteiger partial charge in [0.2, 0.25) is 0 Å². The molecule has 2 aromatic rings. The largest absolute Gasteiger partial charge is 0.385 e. The summed E-state index contributed by atoms with van der Waals surface area (Å²) in [6.45, 7) is 1.20. The van der Waals surface area contributed by atoms with Crippen LogP contribution in [0.3, 0.4) is 0 Å². The van der Waals surface area contributed by atoms with Crippen molar-refractivity contribution in [3.05, 3.63) is 58.5 Å². The van der Waals surface area contributed by atoms with Crippen LogP contribution in [0.15, 0.2) is 47.4 Å². The number of nitrogens with one attached hydrogen (secondary N) is 1. The van der Waals surface area contributed by atoms with E-state index in [0.29, 0.717) is 5.56 Å². The van der Waals surface area contributed by atoms with Gasteiger partial charge < -0.3 is 9.67 Å². The maximum Gasteiger partial charge on any atom is 0.264 e. The summed E-state index contributed by atoms with van der Waals surface area (Å²) in [6, 6.07) is 10.6. The molecule has 3 rings (SSSR count). The molecule has 0 radical (unpaired) electrons. The zero-order chi connectivity index (χ0) is 22.2. The molecule has 1 saturated carbocycles. The Morgan fingerprint density at radius 2 is 1.83 bits per heavy atom. The number of aryl methyl sites for hydroxylation is 1. The van der Waals surface area contributed by atoms with Crippen LogP contribution in [0.25, 0.3) is 11.1 Å². The second kappa shape index (κ2) is 7.98. The van der Waals surface area contributed by atoms with Gasteiger partial charge >= 0.3 is 0 Å². The molecule has 0 aliphatic heterocycles. The van der Waals surface area contributed by atoms with Crippen LogP contribution in [0, 0.1) is 0 Å². The van der Waals surface area contributed by atoms with E-state index in [9.17, 15) is 23.1 Å². The van der Waals surface area contributed by atoms with Gasteiger partial charge in [0.1, 0.15) is 0 Å². The maximum atomic E-state index is 12.5. The van der Waals surface area contributed by atoms with Gasteiger partial charge in [0, 0.05) is 25.1 Å². The number of benzene rings is 1. The second-order valence-electron chi connectivity index (χ2n) is 8.10. The average molecular weight is 435 g/mol. The standard InChI is InChI=1S/C21H26N2O6S/c1-20(19(25)22-27,30(2,28)29)11-13-23-12-8-16(14-18(23)24)15-4-6-17(7-5-15)21(26)9-3-10-21/h4-8,12,14,26-27H,3,9-11,13H2,1-2H3,(H,22,25). The van der Waals surface area contributed by atoms with E-state index in [-0.39, 0.29) is 18.5 Å². The van der Waals surface area contributed by atoms with Crippen LogP contribution in [-0.2, 0) is 26.8 Å². The minimum Gasteiger partial charge on any atom is -0.385 e. The molecule has 1 amide bonds. The first-order chi connectivity index (χ1) is 14.0. The van der Waals surface area contributed by atoms with Gasteiger partial charge in [-0.1, -0.05) is 24.3 Å². The number of rotatable bonds is 7. The molecule has 0 spiro atoms. The number of pyridine rings is 1. The van der Waals surface area contributed by atoms with E-state index in [4.69, 9.17) is 5.21 Å². The van der Waals surface area contributed by atoms with Crippen LogP contribution in [0.1, 0.15) is 38.2 Å². The fourth-order valence-corrected chi connectivity index (χ4v) is 4.41. The Morgan fingerprint density at radius 1 is 1.20 bits per heavy atom. The van der Waals surface area contributed by atoms with Crippen molar-refractivity contribution in [3.63, 3.8) is 0 Å². The van der Waals surface area contributed by atoms with Crippen molar-refractivity contribution in [2.75, 3.05) is 6.26 Å². The number of hydrogen-bond donors (Lipinski definition) is 3. The first-order valence-corrected chi connectivity index (χ1v) is 11.6. The molecular formula is C21H26N2O6S. The van der Waals surface area contributed by atoms with Crippen LogP contribution >= 0.6 is 0 Å². The summed E-state index contributed by atoms with van der Waals surface area (Å²) >= 11 is 0. The van der Waals surface area contributed by atoms with E-state index in [1.807, 2.05) is 24.3 Å². The Kier molecular flexibility index (Phi) is 5.90. The molecule has 0 bridgehead atoms. The summed E-state index contributed by atoms with van der Waals surface area (Å²) < 4.78 is 23.6. The van der Waals surface area contributed by atoms with Crippen molar-refractivity contribution in [2.24, 2.45) is 0 Å². The van der Waals surface area contributed by atoms with Gasteiger partial charge in [0.05, 0.1) is 5.60 Å². The summed E-state index contributed by atoms with van der Waals surface area (Å²) in [6.07, 6.45) is 4.80. The molecule has 1 aromatic carbocycles. The van der Waals surface area contributed by atoms with Crippen LogP contribution < -0.4 is 11.0 Å². The van der Waals surface area contributed by atoms with Crippen LogP contribution in [0.4, 0.5) is 0 Å². The van der Waals surface area contributed by atoms with Gasteiger partial charge in [-0.15, -0.1) is 0 Å². The molecule has 3 N–H and O–H groups in total. The van der Waals surface area contributed by atoms with Gasteiger partial charge in [-0.3, -0.25) is 14.8 Å². The number of hydrogen-bond acceptors (Lipinski definition) is 6. The lowest BCUT2D eigenvalue weighted by atomic mass is 9.75. The van der Waals surface area contributed by atoms with Crippen molar-refractivity contribution in [3.8, 4) is 11.1 Å². The van der Waals surface area contributed by atoms with Crippen molar-refractivity contribution in [1.29, 1.82) is 0 Å². The number of aromatic nitrogens is 1. The molecule has 1 fully saturated rings. The first kappa shape index (κ1) is 22.2. The number of hydroxylamine groups is 1. The minimum atomic E-state index is -3.83. The molecule has 8 nitrogen and oxygen atoms in total. The third-order valence-electron chi connectivity index (χ3n) is 6.16. The van der Waals surface area contributed by atoms with E-state index in [2.05, 4.69) is 0 Å². The molecule has 1 aromatic heterocycles. The third kappa shape index (κ3) is 4.05. The van der Waals surface area contributed by atoms with E-state index >= 15 is 0 Å². The Morgan fingerprint density at radius 3 is 2.30 bits per heavy atom. The lowest BCUT2D eigenvalue weighted by Gasteiger charge is -2.37. The Hall–Kier alpha value is -2.49. The summed E-state index contributed by atoms with van der Waals surface area (Å²) in [5.74, 6) is -1.04. The summed E-state index contributed by atoms with van der Waals surface area (Å²) in [5.41, 5.74) is 2.70. The van der Waals surface area contributed by atoms with Crippen molar-refractivity contribution >= 4 is 15.7 Å². The number of carbonyl (C=O) groups is 1. The molecule has 1 aliphatic rings. The first-order valence-electron chi connectivity index (χ1n) is 9.68. The molecule has 0 saturated heterocycles. The number of sulfone groups is 1. The Balaban J connectivity index is 1.78. The Bertz CT molecular complexity index is 1100. The molecule has 1 atom stereocenters. The molecule has 9 heteroatoms. The van der Waals surface area contributed by atoms with Gasteiger partial charge in [-0.2, -0.15) is 0 Å². The maximum absolute atomic E-state index is 12.5. The number of carbonyl (C=O) groups excluding carboxylic acids is 1. The van der Waals surface area contributed by atoms with Gasteiger partial charge in [0.15, 0.2) is 14.6 Å². The number of amides is 1. The highest BCUT2D eigenvalue weighted by Gasteiger charge is 2.43. The monoisotopic (exact) mass is 434 g/mol. The zero-order valence-electron chi connectivity index (χ0n) is 17.0. The minimum absolute atomic E-state index is 0.0118. The van der Waals surface area contributed by atoms with Crippen LogP contribution in [0.5, 0.6) is 0 Å². The number of nitrogens with zero attached hydrogens (tertiary/aromatic N) is 1. The normalized spacial score (nSPS) is 17.6. The predicted octanol–water partition coefficient (Wildman–Crippen LogP) is 1.59. The summed E-state index contributed by atoms with van der Waals surface area (Å²) in [7, 11) is -3.83. The summed E-state index contributed by atoms with van der Waals surface area (Å²) in [4.78, 5) is 24.4. The smallest absolute Gasteiger partial charge is 0.264 e. The SMILES string of the molecule is CC(CCn1ccc(-c2ccc(C3(O)CCC3)cc2)cc1=O)(C(=O)NO)S(C)(=O)=O. The van der Waals surface area contributed by atoms with E-state index in [1.165, 1.54) is 23.0 Å². The predicted molar refractivity (Wildman–Crippen MR) is 112 cm³/mol. The molecular weight excluding hydrogens is 408 g/mol. The van der Waals surface area contributed by atoms with Crippen molar-refractivity contribution < 1.29 is 23.5 Å². The topological polar surface area (TPSA) is 126 Å². The Labute approximate surface area is 175 Å². The zero-order valence-corrected chi connectivity index (χ0v) is 17.8. The van der Waals surface area contributed by atoms with Gasteiger partial charge in [0.25, 0.3) is 11.5 Å².